The first-order valence-corrected chi connectivity index (χ1v) is 6.55. The third-order valence-corrected chi connectivity index (χ3v) is 3.53. The summed E-state index contributed by atoms with van der Waals surface area (Å²) < 4.78 is 1.72. The molecular weight excluding hydrogens is 254 g/mol. The van der Waals surface area contributed by atoms with Gasteiger partial charge in [-0.2, -0.15) is 10.2 Å². The van der Waals surface area contributed by atoms with Gasteiger partial charge in [-0.25, -0.2) is 10.2 Å². The zero-order valence-corrected chi connectivity index (χ0v) is 10.9. The molecule has 1 aromatic heterocycles. The maximum absolute atomic E-state index is 11.9. The average molecular weight is 269 g/mol. The summed E-state index contributed by atoms with van der Waals surface area (Å²) in [6.07, 6.45) is 3.14. The zero-order valence-electron chi connectivity index (χ0n) is 10.9. The normalized spacial score (nSPS) is 21.0. The summed E-state index contributed by atoms with van der Waals surface area (Å²) in [5, 5.41) is 10.6. The van der Waals surface area contributed by atoms with Crippen LogP contribution in [-0.4, -0.2) is 21.7 Å². The molecule has 1 saturated carbocycles. The molecule has 1 amide bonds. The van der Waals surface area contributed by atoms with E-state index in [0.29, 0.717) is 18.7 Å². The van der Waals surface area contributed by atoms with E-state index in [9.17, 15) is 4.79 Å². The van der Waals surface area contributed by atoms with Gasteiger partial charge in [-0.05, 0) is 25.0 Å². The number of anilines is 1. The lowest BCUT2D eigenvalue weighted by atomic mass is 9.80. The van der Waals surface area contributed by atoms with Crippen molar-refractivity contribution in [3.63, 3.8) is 0 Å². The van der Waals surface area contributed by atoms with E-state index in [-0.39, 0.29) is 17.9 Å². The molecule has 0 saturated heterocycles. The second kappa shape index (κ2) is 5.24. The fourth-order valence-electron chi connectivity index (χ4n) is 2.25. The third kappa shape index (κ3) is 2.45. The molecule has 1 aromatic carbocycles. The van der Waals surface area contributed by atoms with Crippen molar-refractivity contribution in [3.05, 3.63) is 42.6 Å². The summed E-state index contributed by atoms with van der Waals surface area (Å²) in [4.78, 5) is 11.9. The first-order valence-electron chi connectivity index (χ1n) is 6.55. The van der Waals surface area contributed by atoms with Crippen molar-refractivity contribution < 1.29 is 4.79 Å². The largest absolute Gasteiger partial charge is 0.309 e. The first kappa shape index (κ1) is 12.5. The van der Waals surface area contributed by atoms with E-state index in [1.54, 1.807) is 10.7 Å². The molecule has 2 N–H and O–H groups in total. The van der Waals surface area contributed by atoms with Crippen LogP contribution in [0.1, 0.15) is 12.8 Å². The number of nitrogens with zero attached hydrogens (tertiary/aromatic N) is 3. The maximum Gasteiger partial charge on any atom is 0.228 e. The number of benzene rings is 1. The fraction of sp³-hybridized carbons (Fsp3) is 0.286. The molecule has 1 fully saturated rings. The number of rotatable bonds is 4. The second-order valence-electron chi connectivity index (χ2n) is 4.92. The van der Waals surface area contributed by atoms with Gasteiger partial charge in [-0.1, -0.05) is 18.2 Å². The Labute approximate surface area is 116 Å². The van der Waals surface area contributed by atoms with Gasteiger partial charge in [-0.15, -0.1) is 0 Å². The molecule has 1 aliphatic rings. The van der Waals surface area contributed by atoms with Gasteiger partial charge in [0.15, 0.2) is 5.82 Å². The van der Waals surface area contributed by atoms with E-state index >= 15 is 0 Å². The summed E-state index contributed by atoms with van der Waals surface area (Å²) in [5.41, 5.74) is 7.84. The van der Waals surface area contributed by atoms with Gasteiger partial charge in [0.2, 0.25) is 5.91 Å². The molecule has 6 nitrogen and oxygen atoms in total. The molecule has 1 heterocycles. The van der Waals surface area contributed by atoms with Gasteiger partial charge < -0.3 is 5.32 Å². The van der Waals surface area contributed by atoms with Gasteiger partial charge in [0, 0.05) is 18.2 Å². The van der Waals surface area contributed by atoms with Gasteiger partial charge in [0.05, 0.1) is 11.7 Å². The van der Waals surface area contributed by atoms with Gasteiger partial charge in [0.25, 0.3) is 0 Å². The molecule has 20 heavy (non-hydrogen) atoms. The highest BCUT2D eigenvalue weighted by Gasteiger charge is 2.34. The lowest BCUT2D eigenvalue weighted by Gasteiger charge is -2.29. The fourth-order valence-corrected chi connectivity index (χ4v) is 2.25. The second-order valence-corrected chi connectivity index (χ2v) is 4.92. The number of amides is 1. The molecule has 2 aromatic rings. The molecule has 6 heteroatoms. The number of carbonyl (C=O) groups is 1. The number of hydrogen-bond acceptors (Lipinski definition) is 4. The molecule has 0 radical (unpaired) electrons. The summed E-state index contributed by atoms with van der Waals surface area (Å²) >= 11 is 0. The van der Waals surface area contributed by atoms with Crippen LogP contribution in [0.3, 0.4) is 0 Å². The summed E-state index contributed by atoms with van der Waals surface area (Å²) in [6, 6.07) is 11.5. The summed E-state index contributed by atoms with van der Waals surface area (Å²) in [6.45, 7) is 0. The monoisotopic (exact) mass is 269 g/mol. The molecule has 102 valence electrons. The van der Waals surface area contributed by atoms with E-state index in [1.165, 1.54) is 0 Å². The number of aromatic nitrogens is 2. The van der Waals surface area contributed by atoms with Crippen LogP contribution in [0.15, 0.2) is 47.7 Å². The number of hydrogen-bond donors (Lipinski definition) is 2. The Balaban J connectivity index is 1.63. The maximum atomic E-state index is 11.9. The van der Waals surface area contributed by atoms with Gasteiger partial charge in [0.1, 0.15) is 0 Å². The van der Waals surface area contributed by atoms with Crippen molar-refractivity contribution in [3.8, 4) is 5.69 Å². The van der Waals surface area contributed by atoms with E-state index in [2.05, 4.69) is 15.5 Å². The minimum atomic E-state index is -0.0454. The molecule has 0 bridgehead atoms. The molecule has 0 spiro atoms. The van der Waals surface area contributed by atoms with Crippen molar-refractivity contribution in [2.24, 2.45) is 11.0 Å². The van der Waals surface area contributed by atoms with Crippen molar-refractivity contribution in [2.75, 3.05) is 5.32 Å². The van der Waals surface area contributed by atoms with Crippen LogP contribution in [-0.2, 0) is 4.79 Å². The lowest BCUT2D eigenvalue weighted by molar-refractivity contribution is -0.122. The zero-order chi connectivity index (χ0) is 13.9. The predicted octanol–water partition coefficient (Wildman–Crippen LogP) is 2.62. The van der Waals surface area contributed by atoms with Crippen molar-refractivity contribution in [2.45, 2.75) is 18.9 Å². The lowest BCUT2D eigenvalue weighted by Crippen LogP contribution is -2.36. The highest BCUT2D eigenvalue weighted by Crippen LogP contribution is 2.30. The van der Waals surface area contributed by atoms with E-state index in [1.807, 2.05) is 36.5 Å². The van der Waals surface area contributed by atoms with Crippen LogP contribution in [0, 0.1) is 11.4 Å². The minimum Gasteiger partial charge on any atom is -0.309 e. The highest BCUT2D eigenvalue weighted by molar-refractivity contribution is 5.92. The van der Waals surface area contributed by atoms with E-state index in [0.717, 1.165) is 5.69 Å². The highest BCUT2D eigenvalue weighted by atomic mass is 16.2. The van der Waals surface area contributed by atoms with E-state index < -0.39 is 0 Å². The van der Waals surface area contributed by atoms with Gasteiger partial charge >= 0.3 is 0 Å². The van der Waals surface area contributed by atoms with Crippen molar-refractivity contribution in [1.29, 1.82) is 5.53 Å². The Hall–Kier alpha value is -2.50. The van der Waals surface area contributed by atoms with Crippen LogP contribution >= 0.6 is 0 Å². The topological polar surface area (TPSA) is 83.1 Å². The molecule has 0 unspecified atom stereocenters. The van der Waals surface area contributed by atoms with Gasteiger partial charge in [-0.3, -0.25) is 4.79 Å². The van der Waals surface area contributed by atoms with E-state index in [4.69, 9.17) is 5.53 Å². The van der Waals surface area contributed by atoms with Crippen LogP contribution in [0.2, 0.25) is 0 Å². The average Bonchev–Trinajstić information content (AvgIpc) is 2.87. The smallest absolute Gasteiger partial charge is 0.228 e. The Kier molecular flexibility index (Phi) is 3.28. The molecule has 0 aliphatic heterocycles. The molecule has 1 aliphatic carbocycles. The quantitative estimate of drug-likeness (QED) is 0.836. The third-order valence-electron chi connectivity index (χ3n) is 3.53. The predicted molar refractivity (Wildman–Crippen MR) is 73.9 cm³/mol. The van der Waals surface area contributed by atoms with Crippen LogP contribution in [0.25, 0.3) is 5.69 Å². The molecule has 3 rings (SSSR count). The Morgan fingerprint density at radius 2 is 2.05 bits per heavy atom. The van der Waals surface area contributed by atoms with Crippen LogP contribution < -0.4 is 5.32 Å². The molecule has 0 atom stereocenters. The number of para-hydroxylation sites is 1. The SMILES string of the molecule is N=NC1CC(C(=O)Nc2ccn(-c3ccccc3)n2)C1. The number of carbonyl (C=O) groups excluding carboxylic acids is 1. The summed E-state index contributed by atoms with van der Waals surface area (Å²) in [5.74, 6) is 0.462. The van der Waals surface area contributed by atoms with Crippen LogP contribution in [0.5, 0.6) is 0 Å². The number of nitrogens with one attached hydrogen (secondary N) is 2. The first-order chi connectivity index (χ1) is 9.76. The van der Waals surface area contributed by atoms with Crippen molar-refractivity contribution in [1.82, 2.24) is 9.78 Å². The Morgan fingerprint density at radius 3 is 2.75 bits per heavy atom. The summed E-state index contributed by atoms with van der Waals surface area (Å²) in [7, 11) is 0. The molecular formula is C14H15N5O. The van der Waals surface area contributed by atoms with Crippen LogP contribution in [0.4, 0.5) is 5.82 Å². The minimum absolute atomic E-state index is 0.0210. The van der Waals surface area contributed by atoms with Crippen molar-refractivity contribution >= 4 is 11.7 Å². The Bertz CT molecular complexity index is 616. The Morgan fingerprint density at radius 1 is 1.30 bits per heavy atom. The standard InChI is InChI=1S/C14H15N5O/c15-17-11-8-10(9-11)14(20)16-13-6-7-19(18-13)12-4-2-1-3-5-12/h1-7,10-11,15H,8-9H2,(H,16,18,20).